The minimum Gasteiger partial charge on any atom is -0.480 e. The van der Waals surface area contributed by atoms with Gasteiger partial charge in [-0.3, -0.25) is 9.59 Å². The molecule has 0 aliphatic heterocycles. The third-order valence-corrected chi connectivity index (χ3v) is 7.71. The van der Waals surface area contributed by atoms with Crippen molar-refractivity contribution in [2.75, 3.05) is 6.54 Å². The molecule has 1 aliphatic rings. The number of hydrogen-bond donors (Lipinski definition) is 3. The zero-order chi connectivity index (χ0) is 22.2. The zero-order valence-electron chi connectivity index (χ0n) is 15.3. The number of carbonyl (C=O) groups is 2. The second-order valence-electron chi connectivity index (χ2n) is 6.79. The first-order valence-electron chi connectivity index (χ1n) is 8.72. The number of sulfonamides is 1. The first kappa shape index (κ1) is 22.2. The zero-order valence-corrected chi connectivity index (χ0v) is 16.9. The lowest BCUT2D eigenvalue weighted by molar-refractivity contribution is -0.140. The average Bonchev–Trinajstić information content (AvgIpc) is 3.14. The minimum absolute atomic E-state index is 0.0712. The van der Waals surface area contributed by atoms with Gasteiger partial charge in [-0.05, 0) is 24.1 Å². The quantitative estimate of drug-likeness (QED) is 0.559. The summed E-state index contributed by atoms with van der Waals surface area (Å²) >= 11 is 0.546. The van der Waals surface area contributed by atoms with Crippen molar-refractivity contribution in [1.29, 1.82) is 0 Å². The molecule has 1 saturated carbocycles. The molecular weight excluding hydrogens is 445 g/mol. The molecule has 0 saturated heterocycles. The number of aliphatic carboxylic acids is 1. The Hall–Kier alpha value is -2.44. The summed E-state index contributed by atoms with van der Waals surface area (Å²) in [6.45, 7) is -0.637. The smallest absolute Gasteiger partial charge is 0.390 e. The SMILES string of the molecule is O=C(NCCC(F)(F)F)c1ccc(S(=O)(=O)NC2(C(=O)O)CC2c2ccccc2)s1. The number of carboxylic acid groups (broad SMARTS) is 1. The second kappa shape index (κ2) is 8.00. The largest absolute Gasteiger partial charge is 0.480 e. The van der Waals surface area contributed by atoms with E-state index < -0.39 is 52.5 Å². The maximum absolute atomic E-state index is 12.7. The Balaban J connectivity index is 1.72. The molecule has 2 unspecified atom stereocenters. The summed E-state index contributed by atoms with van der Waals surface area (Å²) in [5.41, 5.74) is -1.02. The fraction of sp³-hybridized carbons (Fsp3) is 0.333. The van der Waals surface area contributed by atoms with E-state index in [0.717, 1.165) is 12.1 Å². The van der Waals surface area contributed by atoms with Crippen LogP contribution in [-0.2, 0) is 14.8 Å². The predicted octanol–water partition coefficient (Wildman–Crippen LogP) is 2.72. The highest BCUT2D eigenvalue weighted by Crippen LogP contribution is 2.52. The van der Waals surface area contributed by atoms with Gasteiger partial charge < -0.3 is 10.4 Å². The van der Waals surface area contributed by atoms with Crippen LogP contribution in [0.25, 0.3) is 0 Å². The molecule has 1 heterocycles. The van der Waals surface area contributed by atoms with Gasteiger partial charge in [0.25, 0.3) is 15.9 Å². The summed E-state index contributed by atoms with van der Waals surface area (Å²) < 4.78 is 63.8. The number of amides is 1. The molecule has 3 rings (SSSR count). The average molecular weight is 462 g/mol. The summed E-state index contributed by atoms with van der Waals surface area (Å²) in [7, 11) is -4.27. The number of carboxylic acids is 1. The summed E-state index contributed by atoms with van der Waals surface area (Å²) in [6, 6.07) is 10.9. The van der Waals surface area contributed by atoms with E-state index in [1.165, 1.54) is 0 Å². The highest BCUT2D eigenvalue weighted by Gasteiger charge is 2.63. The van der Waals surface area contributed by atoms with Crippen molar-refractivity contribution < 1.29 is 36.3 Å². The molecule has 1 aliphatic carbocycles. The Labute approximate surface area is 174 Å². The highest BCUT2D eigenvalue weighted by molar-refractivity contribution is 7.91. The Bertz CT molecular complexity index is 1050. The number of carbonyl (C=O) groups excluding carboxylic acids is 1. The lowest BCUT2D eigenvalue weighted by atomic mass is 10.1. The third-order valence-electron chi connectivity index (χ3n) is 4.62. The first-order chi connectivity index (χ1) is 13.9. The number of benzene rings is 1. The van der Waals surface area contributed by atoms with Gasteiger partial charge in [0, 0.05) is 12.5 Å². The van der Waals surface area contributed by atoms with Crippen LogP contribution in [0.1, 0.15) is 34.0 Å². The van der Waals surface area contributed by atoms with Gasteiger partial charge in [-0.15, -0.1) is 11.3 Å². The van der Waals surface area contributed by atoms with Crippen molar-refractivity contribution in [2.24, 2.45) is 0 Å². The molecular formula is C18H17F3N2O5S2. The Morgan fingerprint density at radius 1 is 1.17 bits per heavy atom. The van der Waals surface area contributed by atoms with Crippen LogP contribution < -0.4 is 10.0 Å². The monoisotopic (exact) mass is 462 g/mol. The number of alkyl halides is 3. The van der Waals surface area contributed by atoms with Crippen molar-refractivity contribution in [3.8, 4) is 0 Å². The molecule has 2 aromatic rings. The van der Waals surface area contributed by atoms with Crippen molar-refractivity contribution in [2.45, 2.75) is 34.7 Å². The van der Waals surface area contributed by atoms with E-state index in [2.05, 4.69) is 10.0 Å². The van der Waals surface area contributed by atoms with Gasteiger partial charge in [0.1, 0.15) is 9.75 Å². The van der Waals surface area contributed by atoms with E-state index in [1.54, 1.807) is 30.3 Å². The fourth-order valence-electron chi connectivity index (χ4n) is 3.03. The molecule has 1 fully saturated rings. The molecule has 3 N–H and O–H groups in total. The predicted molar refractivity (Wildman–Crippen MR) is 102 cm³/mol. The Kier molecular flexibility index (Phi) is 5.94. The van der Waals surface area contributed by atoms with Gasteiger partial charge in [0.2, 0.25) is 0 Å². The van der Waals surface area contributed by atoms with Crippen LogP contribution in [-0.4, -0.2) is 43.7 Å². The molecule has 0 bridgehead atoms. The number of nitrogens with one attached hydrogen (secondary N) is 2. The Morgan fingerprint density at radius 2 is 1.83 bits per heavy atom. The number of rotatable bonds is 8. The topological polar surface area (TPSA) is 113 Å². The molecule has 1 aromatic heterocycles. The maximum atomic E-state index is 12.7. The molecule has 0 radical (unpaired) electrons. The fourth-order valence-corrected chi connectivity index (χ4v) is 5.65. The van der Waals surface area contributed by atoms with Crippen LogP contribution in [0, 0.1) is 0 Å². The standard InChI is InChI=1S/C18H17F3N2O5S2/c19-18(20,21)8-9-22-15(24)13-6-7-14(29-13)30(27,28)23-17(16(25)26)10-12(17)11-4-2-1-3-5-11/h1-7,12,23H,8-10H2,(H,22,24)(H,25,26). The summed E-state index contributed by atoms with van der Waals surface area (Å²) in [4.78, 5) is 23.6. The van der Waals surface area contributed by atoms with Crippen molar-refractivity contribution in [3.05, 3.63) is 52.9 Å². The van der Waals surface area contributed by atoms with E-state index in [1.807, 2.05) is 0 Å². The molecule has 7 nitrogen and oxygen atoms in total. The maximum Gasteiger partial charge on any atom is 0.390 e. The van der Waals surface area contributed by atoms with Gasteiger partial charge in [0.05, 0.1) is 11.3 Å². The minimum atomic E-state index is -4.42. The van der Waals surface area contributed by atoms with E-state index in [-0.39, 0.29) is 15.5 Å². The lowest BCUT2D eigenvalue weighted by Gasteiger charge is -2.14. The molecule has 0 spiro atoms. The number of hydrogen-bond acceptors (Lipinski definition) is 5. The van der Waals surface area contributed by atoms with Crippen LogP contribution in [0.15, 0.2) is 46.7 Å². The van der Waals surface area contributed by atoms with Crippen LogP contribution >= 0.6 is 11.3 Å². The Morgan fingerprint density at radius 3 is 2.43 bits per heavy atom. The van der Waals surface area contributed by atoms with E-state index in [4.69, 9.17) is 0 Å². The van der Waals surface area contributed by atoms with Gasteiger partial charge in [-0.25, -0.2) is 8.42 Å². The van der Waals surface area contributed by atoms with Gasteiger partial charge in [0.15, 0.2) is 0 Å². The van der Waals surface area contributed by atoms with Crippen LogP contribution in [0.2, 0.25) is 0 Å². The van der Waals surface area contributed by atoms with Gasteiger partial charge in [-0.2, -0.15) is 17.9 Å². The second-order valence-corrected chi connectivity index (χ2v) is 9.78. The normalized spacial score (nSPS) is 21.2. The molecule has 12 heteroatoms. The summed E-state index contributed by atoms with van der Waals surface area (Å²) in [5, 5.41) is 11.7. The first-order valence-corrected chi connectivity index (χ1v) is 11.0. The highest BCUT2D eigenvalue weighted by atomic mass is 32.2. The molecule has 162 valence electrons. The van der Waals surface area contributed by atoms with Crippen molar-refractivity contribution in [3.63, 3.8) is 0 Å². The third kappa shape index (κ3) is 4.82. The van der Waals surface area contributed by atoms with Crippen LogP contribution in [0.5, 0.6) is 0 Å². The number of halogens is 3. The summed E-state index contributed by atoms with van der Waals surface area (Å²) in [6.07, 6.45) is -5.56. The van der Waals surface area contributed by atoms with Gasteiger partial charge >= 0.3 is 12.1 Å². The van der Waals surface area contributed by atoms with Crippen molar-refractivity contribution >= 4 is 33.2 Å². The molecule has 30 heavy (non-hydrogen) atoms. The molecule has 1 aromatic carbocycles. The van der Waals surface area contributed by atoms with Crippen LogP contribution in [0.4, 0.5) is 13.2 Å². The summed E-state index contributed by atoms with van der Waals surface area (Å²) in [5.74, 6) is -2.70. The van der Waals surface area contributed by atoms with Crippen molar-refractivity contribution in [1.82, 2.24) is 10.0 Å². The van der Waals surface area contributed by atoms with E-state index >= 15 is 0 Å². The number of thiophene rings is 1. The van der Waals surface area contributed by atoms with Gasteiger partial charge in [-0.1, -0.05) is 30.3 Å². The van der Waals surface area contributed by atoms with E-state index in [9.17, 15) is 36.3 Å². The molecule has 2 atom stereocenters. The van der Waals surface area contributed by atoms with E-state index in [0.29, 0.717) is 16.9 Å². The molecule has 1 amide bonds. The van der Waals surface area contributed by atoms with Crippen LogP contribution in [0.3, 0.4) is 0 Å². The lowest BCUT2D eigenvalue weighted by Crippen LogP contribution is -2.44.